The van der Waals surface area contributed by atoms with Crippen molar-refractivity contribution < 1.29 is 27.5 Å². The minimum atomic E-state index is -2.90. The summed E-state index contributed by atoms with van der Waals surface area (Å²) in [6.45, 7) is -2.23. The van der Waals surface area contributed by atoms with E-state index in [1.165, 1.54) is 36.5 Å². The minimum absolute atomic E-state index is 0.0273. The molecule has 2 rings (SSSR count). The average Bonchev–Trinajstić information content (AvgIpc) is 2.56. The molecular weight excluding hydrogens is 323 g/mol. The second kappa shape index (κ2) is 9.44. The lowest BCUT2D eigenvalue weighted by atomic mass is 10.2. The smallest absolute Gasteiger partial charge is 0.387 e. The van der Waals surface area contributed by atoms with Crippen LogP contribution in [0.5, 0.6) is 11.5 Å². The van der Waals surface area contributed by atoms with Crippen molar-refractivity contribution in [1.29, 1.82) is 0 Å². The Morgan fingerprint density at radius 2 is 1.75 bits per heavy atom. The van der Waals surface area contributed by atoms with Gasteiger partial charge in [0.2, 0.25) is 0 Å². The molecule has 0 radical (unpaired) electrons. The first-order chi connectivity index (χ1) is 11.6. The van der Waals surface area contributed by atoms with E-state index in [1.54, 1.807) is 18.2 Å². The van der Waals surface area contributed by atoms with Crippen LogP contribution in [0.3, 0.4) is 0 Å². The predicted octanol–water partition coefficient (Wildman–Crippen LogP) is 4.25. The fourth-order valence-corrected chi connectivity index (χ4v) is 1.78. The molecular formula is C17H16F3NO3. The molecule has 2 aromatic rings. The molecule has 0 aliphatic carbocycles. The molecule has 0 aliphatic rings. The van der Waals surface area contributed by atoms with E-state index >= 15 is 0 Å². The number of ether oxygens (including phenoxy) is 2. The van der Waals surface area contributed by atoms with Crippen LogP contribution in [0.4, 0.5) is 13.2 Å². The number of hydrogen-bond donors (Lipinski definition) is 0. The van der Waals surface area contributed by atoms with Crippen LogP contribution in [0.2, 0.25) is 0 Å². The van der Waals surface area contributed by atoms with Gasteiger partial charge in [-0.2, -0.15) is 8.78 Å². The molecule has 0 heterocycles. The Hall–Kier alpha value is -2.70. The second-order valence-electron chi connectivity index (χ2n) is 4.64. The highest BCUT2D eigenvalue weighted by atomic mass is 19.3. The molecule has 0 spiro atoms. The number of nitrogens with zero attached hydrogens (tertiary/aromatic N) is 1. The molecule has 2 aromatic carbocycles. The Morgan fingerprint density at radius 1 is 1.00 bits per heavy atom. The van der Waals surface area contributed by atoms with Crippen molar-refractivity contribution in [2.75, 3.05) is 13.2 Å². The first kappa shape index (κ1) is 17.7. The van der Waals surface area contributed by atoms with Crippen molar-refractivity contribution in [3.05, 3.63) is 59.9 Å². The average molecular weight is 339 g/mol. The van der Waals surface area contributed by atoms with Gasteiger partial charge < -0.3 is 14.3 Å². The summed E-state index contributed by atoms with van der Waals surface area (Å²) in [7, 11) is 0. The van der Waals surface area contributed by atoms with Gasteiger partial charge >= 0.3 is 6.61 Å². The molecule has 0 aromatic heterocycles. The molecule has 4 nitrogen and oxygen atoms in total. The monoisotopic (exact) mass is 339 g/mol. The molecule has 0 bridgehead atoms. The van der Waals surface area contributed by atoms with Crippen LogP contribution in [0.15, 0.2) is 53.7 Å². The lowest BCUT2D eigenvalue weighted by Crippen LogP contribution is -2.04. The van der Waals surface area contributed by atoms with Crippen molar-refractivity contribution in [2.24, 2.45) is 5.16 Å². The predicted molar refractivity (Wildman–Crippen MR) is 83.1 cm³/mol. The van der Waals surface area contributed by atoms with Crippen molar-refractivity contribution in [3.63, 3.8) is 0 Å². The van der Waals surface area contributed by atoms with Crippen LogP contribution in [0, 0.1) is 5.82 Å². The van der Waals surface area contributed by atoms with Gasteiger partial charge in [-0.15, -0.1) is 0 Å². The fraction of sp³-hybridized carbons (Fsp3) is 0.235. The van der Waals surface area contributed by atoms with E-state index in [2.05, 4.69) is 9.89 Å². The maximum absolute atomic E-state index is 12.7. The Labute approximate surface area is 137 Å². The molecule has 0 saturated heterocycles. The van der Waals surface area contributed by atoms with Gasteiger partial charge in [0, 0.05) is 12.0 Å². The molecule has 128 valence electrons. The topological polar surface area (TPSA) is 40.0 Å². The molecule has 0 aliphatic heterocycles. The standard InChI is InChI=1S/C17H16F3NO3/c18-14-6-8-15(9-7-14)22-10-3-11-23-21-12-13-4-1-2-5-16(13)24-17(19)20/h1-2,4-9,12,17H,3,10-11H2/b21-12+. The van der Waals surface area contributed by atoms with Crippen LogP contribution in [0.25, 0.3) is 0 Å². The zero-order valence-corrected chi connectivity index (χ0v) is 12.7. The van der Waals surface area contributed by atoms with E-state index in [9.17, 15) is 13.2 Å². The van der Waals surface area contributed by atoms with Gasteiger partial charge in [0.25, 0.3) is 0 Å². The van der Waals surface area contributed by atoms with Crippen LogP contribution < -0.4 is 9.47 Å². The van der Waals surface area contributed by atoms with E-state index in [4.69, 9.17) is 9.57 Å². The lowest BCUT2D eigenvalue weighted by Gasteiger charge is -2.07. The zero-order valence-electron chi connectivity index (χ0n) is 12.7. The molecule has 0 saturated carbocycles. The normalized spacial score (nSPS) is 11.0. The Bertz CT molecular complexity index is 648. The van der Waals surface area contributed by atoms with E-state index in [1.807, 2.05) is 0 Å². The first-order valence-electron chi connectivity index (χ1n) is 7.22. The summed E-state index contributed by atoms with van der Waals surface area (Å²) in [6, 6.07) is 12.0. The largest absolute Gasteiger partial charge is 0.493 e. The lowest BCUT2D eigenvalue weighted by molar-refractivity contribution is -0.0499. The SMILES string of the molecule is Fc1ccc(OCCCO/N=C/c2ccccc2OC(F)F)cc1. The van der Waals surface area contributed by atoms with Gasteiger partial charge in [-0.3, -0.25) is 0 Å². The third-order valence-electron chi connectivity index (χ3n) is 2.86. The van der Waals surface area contributed by atoms with Crippen molar-refractivity contribution >= 4 is 6.21 Å². The second-order valence-corrected chi connectivity index (χ2v) is 4.64. The van der Waals surface area contributed by atoms with Crippen molar-refractivity contribution in [2.45, 2.75) is 13.0 Å². The highest BCUT2D eigenvalue weighted by Gasteiger charge is 2.07. The number of rotatable bonds is 9. The summed E-state index contributed by atoms with van der Waals surface area (Å²) >= 11 is 0. The summed E-state index contributed by atoms with van der Waals surface area (Å²) in [6.07, 6.45) is 1.86. The Balaban J connectivity index is 1.68. The van der Waals surface area contributed by atoms with Gasteiger partial charge in [-0.25, -0.2) is 4.39 Å². The van der Waals surface area contributed by atoms with E-state index < -0.39 is 6.61 Å². The Kier molecular flexibility index (Phi) is 6.94. The molecule has 0 atom stereocenters. The van der Waals surface area contributed by atoms with Crippen LogP contribution in [-0.4, -0.2) is 26.0 Å². The molecule has 7 heteroatoms. The molecule has 0 fully saturated rings. The quantitative estimate of drug-likeness (QED) is 0.390. The molecule has 0 amide bonds. The Morgan fingerprint density at radius 3 is 2.50 bits per heavy atom. The summed E-state index contributed by atoms with van der Waals surface area (Å²) in [5, 5.41) is 3.71. The molecule has 24 heavy (non-hydrogen) atoms. The fourth-order valence-electron chi connectivity index (χ4n) is 1.78. The highest BCUT2D eigenvalue weighted by molar-refractivity contribution is 5.83. The summed E-state index contributed by atoms with van der Waals surface area (Å²) in [5.41, 5.74) is 0.389. The van der Waals surface area contributed by atoms with Gasteiger partial charge in [0.05, 0.1) is 12.8 Å². The number of benzene rings is 2. The summed E-state index contributed by atoms with van der Waals surface area (Å²) in [4.78, 5) is 5.04. The molecule has 0 N–H and O–H groups in total. The number of hydrogen-bond acceptors (Lipinski definition) is 4. The highest BCUT2D eigenvalue weighted by Crippen LogP contribution is 2.18. The third-order valence-corrected chi connectivity index (χ3v) is 2.86. The number of para-hydroxylation sites is 1. The number of alkyl halides is 2. The van der Waals surface area contributed by atoms with Gasteiger partial charge in [0.15, 0.2) is 0 Å². The van der Waals surface area contributed by atoms with Gasteiger partial charge in [0.1, 0.15) is 23.9 Å². The number of oxime groups is 1. The maximum atomic E-state index is 12.7. The maximum Gasteiger partial charge on any atom is 0.387 e. The first-order valence-corrected chi connectivity index (χ1v) is 7.22. The zero-order chi connectivity index (χ0) is 17.2. The van der Waals surface area contributed by atoms with Crippen LogP contribution in [-0.2, 0) is 4.84 Å². The summed E-state index contributed by atoms with van der Waals surface area (Å²) in [5.74, 6) is 0.272. The van der Waals surface area contributed by atoms with Crippen LogP contribution >= 0.6 is 0 Å². The van der Waals surface area contributed by atoms with E-state index in [-0.39, 0.29) is 18.2 Å². The van der Waals surface area contributed by atoms with Gasteiger partial charge in [-0.05, 0) is 36.4 Å². The van der Waals surface area contributed by atoms with Crippen molar-refractivity contribution in [3.8, 4) is 11.5 Å². The summed E-state index contributed by atoms with van der Waals surface area (Å²) < 4.78 is 47.0. The van der Waals surface area contributed by atoms with Crippen molar-refractivity contribution in [1.82, 2.24) is 0 Å². The van der Waals surface area contributed by atoms with E-state index in [0.717, 1.165) is 0 Å². The molecule has 0 unspecified atom stereocenters. The number of halogens is 3. The van der Waals surface area contributed by atoms with E-state index in [0.29, 0.717) is 24.3 Å². The minimum Gasteiger partial charge on any atom is -0.493 e. The van der Waals surface area contributed by atoms with Gasteiger partial charge in [-0.1, -0.05) is 17.3 Å². The van der Waals surface area contributed by atoms with Crippen LogP contribution in [0.1, 0.15) is 12.0 Å². The third kappa shape index (κ3) is 6.20.